The molecule has 0 aliphatic rings. The van der Waals surface area contributed by atoms with Crippen molar-refractivity contribution in [3.05, 3.63) is 45.5 Å². The molecule has 0 spiro atoms. The number of rotatable bonds is 2. The number of aryl methyl sites for hydroxylation is 1. The van der Waals surface area contributed by atoms with Crippen molar-refractivity contribution in [2.45, 2.75) is 0 Å². The van der Waals surface area contributed by atoms with Gasteiger partial charge in [0.2, 0.25) is 0 Å². The zero-order chi connectivity index (χ0) is 16.0. The lowest BCUT2D eigenvalue weighted by molar-refractivity contribution is 0.0694. The normalized spacial score (nSPS) is 11.0. The van der Waals surface area contributed by atoms with Crippen molar-refractivity contribution in [2.24, 2.45) is 7.05 Å². The van der Waals surface area contributed by atoms with Crippen LogP contribution < -0.4 is 0 Å². The first kappa shape index (κ1) is 14.7. The Hall–Kier alpha value is -2.22. The Morgan fingerprint density at radius 3 is 2.55 bits per heavy atom. The van der Waals surface area contributed by atoms with E-state index in [1.165, 1.54) is 12.1 Å². The van der Waals surface area contributed by atoms with Gasteiger partial charge in [0.1, 0.15) is 17.1 Å². The summed E-state index contributed by atoms with van der Waals surface area (Å²) in [6, 6.07) is 9.78. The van der Waals surface area contributed by atoms with E-state index in [0.717, 1.165) is 25.7 Å². The van der Waals surface area contributed by atoms with Gasteiger partial charge in [-0.3, -0.25) is 0 Å². The highest BCUT2D eigenvalue weighted by molar-refractivity contribution is 14.1. The standard InChI is InChI=1S/C16H12INO4/c1-18-12-7-13(20)11(16(21)22)6-10(12)14(17)15(18)8-3-2-4-9(19)5-8/h2-7,19-20H,1H3,(H,21,22). The lowest BCUT2D eigenvalue weighted by Gasteiger charge is -2.06. The van der Waals surface area contributed by atoms with Gasteiger partial charge in [0.15, 0.2) is 0 Å². The maximum Gasteiger partial charge on any atom is 0.339 e. The molecule has 0 unspecified atom stereocenters. The summed E-state index contributed by atoms with van der Waals surface area (Å²) < 4.78 is 2.74. The smallest absolute Gasteiger partial charge is 0.339 e. The topological polar surface area (TPSA) is 82.7 Å². The molecule has 0 saturated carbocycles. The highest BCUT2D eigenvalue weighted by Crippen LogP contribution is 2.37. The fourth-order valence-electron chi connectivity index (χ4n) is 2.57. The lowest BCUT2D eigenvalue weighted by Crippen LogP contribution is -1.97. The first-order valence-corrected chi connectivity index (χ1v) is 7.51. The summed E-state index contributed by atoms with van der Waals surface area (Å²) in [4.78, 5) is 11.2. The zero-order valence-corrected chi connectivity index (χ0v) is 13.7. The Kier molecular flexibility index (Phi) is 3.48. The summed E-state index contributed by atoms with van der Waals surface area (Å²) in [5.41, 5.74) is 2.27. The van der Waals surface area contributed by atoms with Crippen LogP contribution >= 0.6 is 22.6 Å². The minimum Gasteiger partial charge on any atom is -0.508 e. The molecule has 0 amide bonds. The Morgan fingerprint density at radius 1 is 1.18 bits per heavy atom. The van der Waals surface area contributed by atoms with Gasteiger partial charge in [0, 0.05) is 27.6 Å². The Balaban J connectivity index is 2.36. The van der Waals surface area contributed by atoms with E-state index in [2.05, 4.69) is 22.6 Å². The molecule has 1 aromatic heterocycles. The van der Waals surface area contributed by atoms with E-state index in [-0.39, 0.29) is 17.1 Å². The number of hydrogen-bond acceptors (Lipinski definition) is 3. The number of aromatic nitrogens is 1. The molecule has 3 rings (SSSR count). The number of carbonyl (C=O) groups is 1. The Morgan fingerprint density at radius 2 is 1.91 bits per heavy atom. The van der Waals surface area contributed by atoms with E-state index in [1.807, 2.05) is 17.7 Å². The van der Waals surface area contributed by atoms with Crippen molar-refractivity contribution in [3.63, 3.8) is 0 Å². The highest BCUT2D eigenvalue weighted by atomic mass is 127. The summed E-state index contributed by atoms with van der Waals surface area (Å²) >= 11 is 2.15. The van der Waals surface area contributed by atoms with Crippen molar-refractivity contribution in [1.29, 1.82) is 0 Å². The van der Waals surface area contributed by atoms with E-state index in [4.69, 9.17) is 5.11 Å². The number of carboxylic acid groups (broad SMARTS) is 1. The minimum atomic E-state index is -1.17. The SMILES string of the molecule is Cn1c(-c2cccc(O)c2)c(I)c2cc(C(=O)O)c(O)cc21. The molecule has 0 saturated heterocycles. The molecule has 2 aromatic carbocycles. The van der Waals surface area contributed by atoms with E-state index >= 15 is 0 Å². The van der Waals surface area contributed by atoms with Crippen LogP contribution in [0.1, 0.15) is 10.4 Å². The second-order valence-corrected chi connectivity index (χ2v) is 6.04. The predicted octanol–water partition coefficient (Wildman–Crippen LogP) is 3.56. The molecule has 0 fully saturated rings. The van der Waals surface area contributed by atoms with Gasteiger partial charge in [-0.1, -0.05) is 12.1 Å². The first-order chi connectivity index (χ1) is 10.4. The summed E-state index contributed by atoms with van der Waals surface area (Å²) in [6.45, 7) is 0. The maximum atomic E-state index is 11.2. The van der Waals surface area contributed by atoms with E-state index < -0.39 is 5.97 Å². The number of benzene rings is 2. The van der Waals surface area contributed by atoms with Gasteiger partial charge >= 0.3 is 5.97 Å². The molecular formula is C16H12INO4. The molecule has 0 bridgehead atoms. The van der Waals surface area contributed by atoms with Crippen LogP contribution in [0.15, 0.2) is 36.4 Å². The second kappa shape index (κ2) is 5.20. The summed E-state index contributed by atoms with van der Waals surface area (Å²) in [6.07, 6.45) is 0. The minimum absolute atomic E-state index is 0.126. The third-order valence-corrected chi connectivity index (χ3v) is 4.70. The Labute approximate surface area is 139 Å². The number of fused-ring (bicyclic) bond motifs is 1. The van der Waals surface area contributed by atoms with Gasteiger partial charge in [0.05, 0.1) is 11.2 Å². The van der Waals surface area contributed by atoms with Crippen LogP contribution in [-0.2, 0) is 7.05 Å². The number of carboxylic acids is 1. The number of aromatic carboxylic acids is 1. The highest BCUT2D eigenvalue weighted by Gasteiger charge is 2.19. The molecule has 3 N–H and O–H groups in total. The molecule has 0 aliphatic carbocycles. The molecule has 0 atom stereocenters. The van der Waals surface area contributed by atoms with E-state index in [9.17, 15) is 15.0 Å². The van der Waals surface area contributed by atoms with Crippen LogP contribution in [0.4, 0.5) is 0 Å². The van der Waals surface area contributed by atoms with Crippen LogP contribution in [0.3, 0.4) is 0 Å². The largest absolute Gasteiger partial charge is 0.508 e. The van der Waals surface area contributed by atoms with Crippen LogP contribution in [0.2, 0.25) is 0 Å². The molecule has 112 valence electrons. The van der Waals surface area contributed by atoms with Crippen molar-refractivity contribution in [2.75, 3.05) is 0 Å². The fraction of sp³-hybridized carbons (Fsp3) is 0.0625. The zero-order valence-electron chi connectivity index (χ0n) is 11.5. The Bertz CT molecular complexity index is 914. The number of phenols is 2. The molecule has 1 heterocycles. The molecule has 0 radical (unpaired) electrons. The summed E-state index contributed by atoms with van der Waals surface area (Å²) in [5.74, 6) is -1.27. The van der Waals surface area contributed by atoms with Crippen LogP contribution in [-0.4, -0.2) is 25.9 Å². The van der Waals surface area contributed by atoms with Crippen molar-refractivity contribution >= 4 is 39.5 Å². The van der Waals surface area contributed by atoms with Gasteiger partial charge in [-0.2, -0.15) is 0 Å². The quantitative estimate of drug-likeness (QED) is 0.566. The van der Waals surface area contributed by atoms with Gasteiger partial charge < -0.3 is 19.9 Å². The second-order valence-electron chi connectivity index (χ2n) is 4.96. The van der Waals surface area contributed by atoms with E-state index in [1.54, 1.807) is 18.2 Å². The average molecular weight is 409 g/mol. The fourth-order valence-corrected chi connectivity index (χ4v) is 3.68. The van der Waals surface area contributed by atoms with Crippen LogP contribution in [0.5, 0.6) is 11.5 Å². The molecule has 0 aliphatic heterocycles. The van der Waals surface area contributed by atoms with E-state index in [0.29, 0.717) is 0 Å². The van der Waals surface area contributed by atoms with Gasteiger partial charge in [-0.15, -0.1) is 0 Å². The first-order valence-electron chi connectivity index (χ1n) is 6.43. The number of nitrogens with zero attached hydrogens (tertiary/aromatic N) is 1. The molecular weight excluding hydrogens is 397 g/mol. The molecule has 3 aromatic rings. The monoisotopic (exact) mass is 409 g/mol. The van der Waals surface area contributed by atoms with Crippen molar-refractivity contribution < 1.29 is 20.1 Å². The van der Waals surface area contributed by atoms with Crippen molar-refractivity contribution in [3.8, 4) is 22.8 Å². The lowest BCUT2D eigenvalue weighted by atomic mass is 10.1. The van der Waals surface area contributed by atoms with Gasteiger partial charge in [-0.05, 0) is 40.8 Å². The maximum absolute atomic E-state index is 11.2. The molecule has 5 nitrogen and oxygen atoms in total. The molecule has 22 heavy (non-hydrogen) atoms. The third kappa shape index (κ3) is 2.19. The van der Waals surface area contributed by atoms with Gasteiger partial charge in [-0.25, -0.2) is 4.79 Å². The number of halogens is 1. The summed E-state index contributed by atoms with van der Waals surface area (Å²) in [5, 5.41) is 29.4. The molecule has 6 heteroatoms. The average Bonchev–Trinajstić information content (AvgIpc) is 2.69. The van der Waals surface area contributed by atoms with Crippen LogP contribution in [0.25, 0.3) is 22.2 Å². The van der Waals surface area contributed by atoms with Crippen molar-refractivity contribution in [1.82, 2.24) is 4.57 Å². The number of hydrogen-bond donors (Lipinski definition) is 3. The number of aromatic hydroxyl groups is 2. The van der Waals surface area contributed by atoms with Gasteiger partial charge in [0.25, 0.3) is 0 Å². The summed E-state index contributed by atoms with van der Waals surface area (Å²) in [7, 11) is 1.84. The third-order valence-electron chi connectivity index (χ3n) is 3.61. The predicted molar refractivity (Wildman–Crippen MR) is 91.4 cm³/mol. The number of phenolic OH excluding ortho intramolecular Hbond substituents is 1. The van der Waals surface area contributed by atoms with Crippen LogP contribution in [0, 0.1) is 3.57 Å².